The highest BCUT2D eigenvalue weighted by atomic mass is 16.3. The molecule has 1 radical (unpaired) electrons. The van der Waals surface area contributed by atoms with Crippen LogP contribution < -0.4 is 5.32 Å². The lowest BCUT2D eigenvalue weighted by Crippen LogP contribution is -2.42. The summed E-state index contributed by atoms with van der Waals surface area (Å²) in [5.41, 5.74) is 3.66. The summed E-state index contributed by atoms with van der Waals surface area (Å²) in [6.07, 6.45) is 2.84. The molecule has 3 rings (SSSR count). The van der Waals surface area contributed by atoms with E-state index in [2.05, 4.69) is 17.4 Å². The maximum absolute atomic E-state index is 12.1. The predicted molar refractivity (Wildman–Crippen MR) is 86.2 cm³/mol. The van der Waals surface area contributed by atoms with E-state index < -0.39 is 6.10 Å². The van der Waals surface area contributed by atoms with Gasteiger partial charge in [-0.25, -0.2) is 0 Å². The van der Waals surface area contributed by atoms with Gasteiger partial charge in [-0.05, 0) is 36.0 Å². The summed E-state index contributed by atoms with van der Waals surface area (Å²) in [4.78, 5) is 12.1. The molecular weight excluding hydrogens is 274 g/mol. The molecule has 0 spiro atoms. The van der Waals surface area contributed by atoms with Crippen LogP contribution in [-0.2, 0) is 24.1 Å². The Labute approximate surface area is 131 Å². The maximum Gasteiger partial charge on any atom is 0.249 e. The molecule has 0 heterocycles. The number of carbonyl (C=O) groups is 1. The molecule has 1 aliphatic rings. The molecule has 3 nitrogen and oxygen atoms in total. The van der Waals surface area contributed by atoms with Crippen molar-refractivity contribution in [3.05, 3.63) is 77.7 Å². The second-order valence-corrected chi connectivity index (χ2v) is 5.75. The van der Waals surface area contributed by atoms with Gasteiger partial charge < -0.3 is 10.4 Å². The van der Waals surface area contributed by atoms with Crippen LogP contribution in [0, 0.1) is 6.42 Å². The van der Waals surface area contributed by atoms with Crippen molar-refractivity contribution in [3.8, 4) is 0 Å². The summed E-state index contributed by atoms with van der Waals surface area (Å²) < 4.78 is 0. The second kappa shape index (κ2) is 6.75. The van der Waals surface area contributed by atoms with Crippen molar-refractivity contribution in [2.24, 2.45) is 0 Å². The number of fused-ring (bicyclic) bond motifs is 1. The largest absolute Gasteiger partial charge is 0.383 e. The molecule has 2 aromatic carbocycles. The number of amides is 1. The fourth-order valence-electron chi connectivity index (χ4n) is 2.92. The predicted octanol–water partition coefficient (Wildman–Crippen LogP) is 2.08. The van der Waals surface area contributed by atoms with E-state index >= 15 is 0 Å². The van der Waals surface area contributed by atoms with Gasteiger partial charge in [0.1, 0.15) is 6.10 Å². The second-order valence-electron chi connectivity index (χ2n) is 5.75. The number of carbonyl (C=O) groups excluding carboxylic acids is 1. The molecule has 0 fully saturated rings. The van der Waals surface area contributed by atoms with Crippen LogP contribution in [0.3, 0.4) is 0 Å². The van der Waals surface area contributed by atoms with Crippen LogP contribution in [0.1, 0.15) is 16.7 Å². The Bertz CT molecular complexity index is 614. The zero-order valence-electron chi connectivity index (χ0n) is 12.4. The van der Waals surface area contributed by atoms with E-state index in [4.69, 9.17) is 0 Å². The molecule has 0 aliphatic heterocycles. The Hall–Kier alpha value is -2.13. The smallest absolute Gasteiger partial charge is 0.249 e. The summed E-state index contributed by atoms with van der Waals surface area (Å²) in [5, 5.41) is 12.9. The van der Waals surface area contributed by atoms with Crippen LogP contribution >= 0.6 is 0 Å². The minimum Gasteiger partial charge on any atom is -0.383 e. The maximum atomic E-state index is 12.1. The highest BCUT2D eigenvalue weighted by molar-refractivity contribution is 5.82. The van der Waals surface area contributed by atoms with Crippen molar-refractivity contribution in [1.82, 2.24) is 5.32 Å². The monoisotopic (exact) mass is 294 g/mol. The molecule has 0 bridgehead atoms. The number of benzene rings is 2. The normalized spacial score (nSPS) is 15.3. The van der Waals surface area contributed by atoms with Crippen molar-refractivity contribution < 1.29 is 9.90 Å². The number of nitrogens with one attached hydrogen (secondary N) is 1. The van der Waals surface area contributed by atoms with Gasteiger partial charge in [0.2, 0.25) is 5.91 Å². The van der Waals surface area contributed by atoms with Crippen molar-refractivity contribution in [3.63, 3.8) is 0 Å². The van der Waals surface area contributed by atoms with E-state index in [0.717, 1.165) is 18.4 Å². The minimum atomic E-state index is -1.07. The molecule has 2 N–H and O–H groups in total. The Morgan fingerprint density at radius 1 is 1.09 bits per heavy atom. The average molecular weight is 294 g/mol. The third kappa shape index (κ3) is 3.55. The van der Waals surface area contributed by atoms with Gasteiger partial charge in [-0.15, -0.1) is 0 Å². The van der Waals surface area contributed by atoms with Crippen LogP contribution in [0.5, 0.6) is 0 Å². The van der Waals surface area contributed by atoms with E-state index in [0.29, 0.717) is 6.42 Å². The lowest BCUT2D eigenvalue weighted by Gasteiger charge is -2.15. The SMILES string of the molecule is O=C(NC1Cc2ccccc2C1)C(O)[CH]Cc1ccccc1. The highest BCUT2D eigenvalue weighted by Gasteiger charge is 2.24. The zero-order valence-corrected chi connectivity index (χ0v) is 12.4. The van der Waals surface area contributed by atoms with Gasteiger partial charge in [0, 0.05) is 12.5 Å². The van der Waals surface area contributed by atoms with Gasteiger partial charge in [-0.2, -0.15) is 0 Å². The summed E-state index contributed by atoms with van der Waals surface area (Å²) in [5.74, 6) is -0.311. The van der Waals surface area contributed by atoms with Crippen LogP contribution in [0.15, 0.2) is 54.6 Å². The molecule has 3 heteroatoms. The van der Waals surface area contributed by atoms with E-state index in [-0.39, 0.29) is 11.9 Å². The first kappa shape index (κ1) is 14.8. The molecule has 0 saturated carbocycles. The molecule has 22 heavy (non-hydrogen) atoms. The third-order valence-electron chi connectivity index (χ3n) is 4.09. The fourth-order valence-corrected chi connectivity index (χ4v) is 2.92. The first-order valence-electron chi connectivity index (χ1n) is 7.65. The topological polar surface area (TPSA) is 49.3 Å². The van der Waals surface area contributed by atoms with E-state index in [1.54, 1.807) is 6.42 Å². The molecule has 1 amide bonds. The lowest BCUT2D eigenvalue weighted by molar-refractivity contribution is -0.128. The summed E-state index contributed by atoms with van der Waals surface area (Å²) >= 11 is 0. The molecular formula is C19H20NO2. The van der Waals surface area contributed by atoms with Crippen LogP contribution in [0.4, 0.5) is 0 Å². The van der Waals surface area contributed by atoms with Gasteiger partial charge in [0.15, 0.2) is 0 Å². The Morgan fingerprint density at radius 2 is 1.68 bits per heavy atom. The van der Waals surface area contributed by atoms with Crippen molar-refractivity contribution >= 4 is 5.91 Å². The quantitative estimate of drug-likeness (QED) is 0.887. The molecule has 1 atom stereocenters. The third-order valence-corrected chi connectivity index (χ3v) is 4.09. The van der Waals surface area contributed by atoms with Gasteiger partial charge in [-0.1, -0.05) is 54.6 Å². The molecule has 0 saturated heterocycles. The van der Waals surface area contributed by atoms with E-state index in [1.165, 1.54) is 11.1 Å². The minimum absolute atomic E-state index is 0.0877. The fraction of sp³-hybridized carbons (Fsp3) is 0.263. The van der Waals surface area contributed by atoms with Crippen LogP contribution in [-0.4, -0.2) is 23.2 Å². The van der Waals surface area contributed by atoms with E-state index in [9.17, 15) is 9.90 Å². The Kier molecular flexibility index (Phi) is 4.54. The number of hydrogen-bond donors (Lipinski definition) is 2. The molecule has 1 unspecified atom stereocenters. The average Bonchev–Trinajstić information content (AvgIpc) is 2.95. The van der Waals surface area contributed by atoms with Crippen molar-refractivity contribution in [2.45, 2.75) is 31.4 Å². The first-order chi connectivity index (χ1) is 10.7. The summed E-state index contributed by atoms with van der Waals surface area (Å²) in [7, 11) is 0. The van der Waals surface area contributed by atoms with Crippen LogP contribution in [0.25, 0.3) is 0 Å². The van der Waals surface area contributed by atoms with Gasteiger partial charge in [0.25, 0.3) is 0 Å². The van der Waals surface area contributed by atoms with Gasteiger partial charge in [-0.3, -0.25) is 4.79 Å². The molecule has 0 aromatic heterocycles. The van der Waals surface area contributed by atoms with Crippen LogP contribution in [0.2, 0.25) is 0 Å². The van der Waals surface area contributed by atoms with Crippen molar-refractivity contribution in [2.75, 3.05) is 0 Å². The summed E-state index contributed by atoms with van der Waals surface area (Å²) in [6.45, 7) is 0. The molecule has 113 valence electrons. The van der Waals surface area contributed by atoms with E-state index in [1.807, 2.05) is 42.5 Å². The molecule has 2 aromatic rings. The number of aliphatic hydroxyl groups is 1. The van der Waals surface area contributed by atoms with Crippen molar-refractivity contribution in [1.29, 1.82) is 0 Å². The zero-order chi connectivity index (χ0) is 15.4. The first-order valence-corrected chi connectivity index (χ1v) is 7.65. The highest BCUT2D eigenvalue weighted by Crippen LogP contribution is 2.21. The Balaban J connectivity index is 1.48. The summed E-state index contributed by atoms with van der Waals surface area (Å²) in [6, 6.07) is 18.1. The number of rotatable bonds is 5. The van der Waals surface area contributed by atoms with Gasteiger partial charge in [0.05, 0.1) is 0 Å². The number of aliphatic hydroxyl groups excluding tert-OH is 1. The lowest BCUT2D eigenvalue weighted by atomic mass is 10.1. The standard InChI is InChI=1S/C19H20NO2/c21-18(11-10-14-6-2-1-3-7-14)19(22)20-17-12-15-8-4-5-9-16(15)13-17/h1-9,11,17-18,21H,10,12-13H2,(H,20,22). The van der Waals surface area contributed by atoms with Gasteiger partial charge >= 0.3 is 0 Å². The number of hydrogen-bond acceptors (Lipinski definition) is 2. The molecule has 1 aliphatic carbocycles. The Morgan fingerprint density at radius 3 is 2.32 bits per heavy atom.